The summed E-state index contributed by atoms with van der Waals surface area (Å²) in [7, 11) is 0. The van der Waals surface area contributed by atoms with E-state index in [0.29, 0.717) is 39.0 Å². The Kier molecular flexibility index (Phi) is 5.54. The monoisotopic (exact) mass is 394 g/mol. The smallest absolute Gasteiger partial charge is 0.410 e. The highest BCUT2D eigenvalue weighted by Gasteiger charge is 2.51. The minimum atomic E-state index is -0.814. The molecule has 0 aromatic rings. The first kappa shape index (κ1) is 20.4. The molecule has 1 saturated carbocycles. The Balaban J connectivity index is 1.53. The van der Waals surface area contributed by atoms with Crippen molar-refractivity contribution in [1.29, 1.82) is 0 Å². The maximum atomic E-state index is 12.8. The topological polar surface area (TPSA) is 99.3 Å². The number of hydrogen-bond acceptors (Lipinski definition) is 5. The number of imide groups is 1. The molecule has 156 valence electrons. The van der Waals surface area contributed by atoms with Gasteiger partial charge >= 0.3 is 12.1 Å². The Labute approximate surface area is 165 Å². The average Bonchev–Trinajstić information content (AvgIpc) is 2.85. The first-order chi connectivity index (χ1) is 13.1. The fraction of sp³-hybridized carbons (Fsp3) is 0.789. The summed E-state index contributed by atoms with van der Waals surface area (Å²) in [5.74, 6) is -0.557. The molecule has 3 fully saturated rings. The lowest BCUT2D eigenvalue weighted by atomic mass is 9.82. The Morgan fingerprint density at radius 2 is 1.57 bits per heavy atom. The lowest BCUT2D eigenvalue weighted by Gasteiger charge is -2.36. The summed E-state index contributed by atoms with van der Waals surface area (Å²) >= 11 is 0. The van der Waals surface area contributed by atoms with Crippen molar-refractivity contribution in [3.63, 3.8) is 0 Å². The van der Waals surface area contributed by atoms with Crippen LogP contribution in [0.15, 0.2) is 0 Å². The molecule has 2 aliphatic heterocycles. The van der Waals surface area contributed by atoms with E-state index in [1.807, 2.05) is 20.8 Å². The average molecular weight is 394 g/mol. The van der Waals surface area contributed by atoms with Gasteiger partial charge in [0.25, 0.3) is 5.91 Å². The quantitative estimate of drug-likeness (QED) is 0.712. The van der Waals surface area contributed by atoms with Crippen molar-refractivity contribution in [2.45, 2.75) is 64.0 Å². The first-order valence-corrected chi connectivity index (χ1v) is 10.0. The maximum Gasteiger partial charge on any atom is 0.410 e. The number of rotatable bonds is 2. The number of nitrogens with one attached hydrogen (secondary N) is 1. The van der Waals surface area contributed by atoms with Crippen molar-refractivity contribution in [3.05, 3.63) is 0 Å². The van der Waals surface area contributed by atoms with E-state index in [1.165, 1.54) is 0 Å². The van der Waals surface area contributed by atoms with Crippen LogP contribution >= 0.6 is 0 Å². The van der Waals surface area contributed by atoms with E-state index in [2.05, 4.69) is 5.32 Å². The van der Waals surface area contributed by atoms with Crippen LogP contribution in [0.4, 0.5) is 9.59 Å². The summed E-state index contributed by atoms with van der Waals surface area (Å²) in [5.41, 5.74) is -1.38. The minimum Gasteiger partial charge on any atom is -0.444 e. The van der Waals surface area contributed by atoms with E-state index in [9.17, 15) is 19.2 Å². The molecule has 0 aromatic carbocycles. The minimum absolute atomic E-state index is 0.251. The van der Waals surface area contributed by atoms with Crippen molar-refractivity contribution >= 4 is 23.9 Å². The zero-order valence-electron chi connectivity index (χ0n) is 17.0. The predicted octanol–water partition coefficient (Wildman–Crippen LogP) is 1.32. The molecule has 9 heteroatoms. The zero-order chi connectivity index (χ0) is 20.5. The van der Waals surface area contributed by atoms with Gasteiger partial charge in [-0.15, -0.1) is 0 Å². The number of amides is 5. The normalized spacial score (nSPS) is 22.5. The van der Waals surface area contributed by atoms with Crippen LogP contribution in [0.3, 0.4) is 0 Å². The van der Waals surface area contributed by atoms with Gasteiger partial charge in [0.15, 0.2) is 0 Å². The third kappa shape index (κ3) is 4.23. The molecule has 0 radical (unpaired) electrons. The van der Waals surface area contributed by atoms with Crippen LogP contribution in [0.5, 0.6) is 0 Å². The highest BCUT2D eigenvalue weighted by atomic mass is 16.6. The highest BCUT2D eigenvalue weighted by Crippen LogP contribution is 2.33. The van der Waals surface area contributed by atoms with E-state index >= 15 is 0 Å². The van der Waals surface area contributed by atoms with Crippen molar-refractivity contribution < 1.29 is 23.9 Å². The third-order valence-electron chi connectivity index (χ3n) is 5.53. The van der Waals surface area contributed by atoms with E-state index in [1.54, 1.807) is 9.80 Å². The van der Waals surface area contributed by atoms with Crippen molar-refractivity contribution in [2.75, 3.05) is 32.7 Å². The van der Waals surface area contributed by atoms with Gasteiger partial charge in [-0.25, -0.2) is 9.59 Å². The summed E-state index contributed by atoms with van der Waals surface area (Å²) in [6, 6.07) is -0.479. The molecule has 3 rings (SSSR count). The molecule has 0 aromatic heterocycles. The molecule has 3 aliphatic rings. The number of ether oxygens (including phenoxy) is 1. The van der Waals surface area contributed by atoms with E-state index in [-0.39, 0.29) is 18.4 Å². The van der Waals surface area contributed by atoms with Gasteiger partial charge in [0.05, 0.1) is 0 Å². The SMILES string of the molecule is CC(C)(C)OC(=O)N1CCN(C(=O)CN2C(=O)NC3(CCCCC3)C2=O)CC1. The second kappa shape index (κ2) is 7.60. The molecule has 0 bridgehead atoms. The Bertz CT molecular complexity index is 658. The molecule has 1 aliphatic carbocycles. The number of carbonyl (C=O) groups is 4. The van der Waals surface area contributed by atoms with Crippen LogP contribution in [0.2, 0.25) is 0 Å². The lowest BCUT2D eigenvalue weighted by molar-refractivity contribution is -0.140. The molecule has 9 nitrogen and oxygen atoms in total. The van der Waals surface area contributed by atoms with Crippen LogP contribution in [-0.2, 0) is 14.3 Å². The number of urea groups is 1. The molecular formula is C19H30N4O5. The fourth-order valence-corrected chi connectivity index (χ4v) is 4.01. The van der Waals surface area contributed by atoms with E-state index < -0.39 is 23.3 Å². The van der Waals surface area contributed by atoms with Crippen molar-refractivity contribution in [3.8, 4) is 0 Å². The third-order valence-corrected chi connectivity index (χ3v) is 5.53. The van der Waals surface area contributed by atoms with Gasteiger partial charge in [-0.1, -0.05) is 19.3 Å². The summed E-state index contributed by atoms with van der Waals surface area (Å²) in [6.45, 7) is 6.61. The van der Waals surface area contributed by atoms with Gasteiger partial charge in [0, 0.05) is 26.2 Å². The molecule has 5 amide bonds. The van der Waals surface area contributed by atoms with Crippen molar-refractivity contribution in [2.24, 2.45) is 0 Å². The zero-order valence-corrected chi connectivity index (χ0v) is 17.0. The molecule has 1 spiro atoms. The Morgan fingerprint density at radius 3 is 2.14 bits per heavy atom. The second-order valence-corrected chi connectivity index (χ2v) is 8.81. The lowest BCUT2D eigenvalue weighted by Crippen LogP contribution is -2.54. The van der Waals surface area contributed by atoms with Crippen LogP contribution in [-0.4, -0.2) is 82.5 Å². The fourth-order valence-electron chi connectivity index (χ4n) is 4.01. The highest BCUT2D eigenvalue weighted by molar-refractivity contribution is 6.09. The van der Waals surface area contributed by atoms with Gasteiger partial charge in [-0.3, -0.25) is 14.5 Å². The number of piperazine rings is 1. The van der Waals surface area contributed by atoms with Gasteiger partial charge < -0.3 is 19.9 Å². The number of hydrogen-bond donors (Lipinski definition) is 1. The molecule has 0 unspecified atom stereocenters. The molecular weight excluding hydrogens is 364 g/mol. The van der Waals surface area contributed by atoms with Crippen molar-refractivity contribution in [1.82, 2.24) is 20.0 Å². The summed E-state index contributed by atoms with van der Waals surface area (Å²) in [5, 5.41) is 2.82. The molecule has 2 heterocycles. The number of nitrogens with zero attached hydrogens (tertiary/aromatic N) is 3. The summed E-state index contributed by atoms with van der Waals surface area (Å²) in [6.07, 6.45) is 3.74. The van der Waals surface area contributed by atoms with Crippen LogP contribution in [0, 0.1) is 0 Å². The standard InChI is InChI=1S/C19H30N4O5/c1-18(2,3)28-17(27)22-11-9-21(10-12-22)14(24)13-23-15(25)19(20-16(23)26)7-5-4-6-8-19/h4-13H2,1-3H3,(H,20,26). The van der Waals surface area contributed by atoms with Crippen LogP contribution in [0.25, 0.3) is 0 Å². The molecule has 1 N–H and O–H groups in total. The first-order valence-electron chi connectivity index (χ1n) is 10.0. The maximum absolute atomic E-state index is 12.8. The van der Waals surface area contributed by atoms with E-state index in [0.717, 1.165) is 24.2 Å². The Hall–Kier alpha value is -2.32. The predicted molar refractivity (Wildman–Crippen MR) is 100 cm³/mol. The van der Waals surface area contributed by atoms with Gasteiger partial charge in [-0.2, -0.15) is 0 Å². The summed E-state index contributed by atoms with van der Waals surface area (Å²) in [4.78, 5) is 54.1. The van der Waals surface area contributed by atoms with Gasteiger partial charge in [0.2, 0.25) is 5.91 Å². The van der Waals surface area contributed by atoms with Crippen LogP contribution in [0.1, 0.15) is 52.9 Å². The largest absolute Gasteiger partial charge is 0.444 e. The second-order valence-electron chi connectivity index (χ2n) is 8.81. The summed E-state index contributed by atoms with van der Waals surface area (Å²) < 4.78 is 5.35. The molecule has 28 heavy (non-hydrogen) atoms. The van der Waals surface area contributed by atoms with Gasteiger partial charge in [0.1, 0.15) is 17.7 Å². The molecule has 0 atom stereocenters. The number of carbonyl (C=O) groups excluding carboxylic acids is 4. The van der Waals surface area contributed by atoms with Gasteiger partial charge in [-0.05, 0) is 33.6 Å². The van der Waals surface area contributed by atoms with Crippen LogP contribution < -0.4 is 5.32 Å². The molecule has 2 saturated heterocycles. The Morgan fingerprint density at radius 1 is 1.00 bits per heavy atom. The van der Waals surface area contributed by atoms with E-state index in [4.69, 9.17) is 4.74 Å².